The topological polar surface area (TPSA) is 20.2 Å². The predicted octanol–water partition coefficient (Wildman–Crippen LogP) is 3.20. The monoisotopic (exact) mass is 234 g/mol. The molecule has 0 aliphatic heterocycles. The van der Waals surface area contributed by atoms with Crippen molar-refractivity contribution in [1.29, 1.82) is 0 Å². The molecule has 1 nitrogen and oxygen atoms in total. The van der Waals surface area contributed by atoms with Crippen molar-refractivity contribution < 1.29 is 9.50 Å². The van der Waals surface area contributed by atoms with Crippen LogP contribution in [0.15, 0.2) is 12.1 Å². The molecule has 0 heterocycles. The van der Waals surface area contributed by atoms with Crippen molar-refractivity contribution in [2.75, 3.05) is 0 Å². The number of rotatable bonds is 2. The smallest absolute Gasteiger partial charge is 0.143 e. The third-order valence-electron chi connectivity index (χ3n) is 2.44. The summed E-state index contributed by atoms with van der Waals surface area (Å²) in [4.78, 5) is 0. The number of hydrogen-bond acceptors (Lipinski definition) is 1. The van der Waals surface area contributed by atoms with Crippen molar-refractivity contribution in [1.82, 2.24) is 0 Å². The molecule has 0 bridgehead atoms. The van der Waals surface area contributed by atoms with Gasteiger partial charge in [-0.2, -0.15) is 0 Å². The van der Waals surface area contributed by atoms with Gasteiger partial charge >= 0.3 is 0 Å². The highest BCUT2D eigenvalue weighted by atomic mass is 35.5. The highest BCUT2D eigenvalue weighted by Crippen LogP contribution is 2.40. The van der Waals surface area contributed by atoms with E-state index in [2.05, 4.69) is 0 Å². The van der Waals surface area contributed by atoms with Crippen LogP contribution in [-0.4, -0.2) is 10.7 Å². The van der Waals surface area contributed by atoms with Gasteiger partial charge in [-0.1, -0.05) is 23.2 Å². The van der Waals surface area contributed by atoms with Crippen LogP contribution in [0.3, 0.4) is 0 Å². The third-order valence-corrected chi connectivity index (χ3v) is 3.08. The zero-order valence-electron chi connectivity index (χ0n) is 7.36. The second-order valence-electron chi connectivity index (χ2n) is 3.76. The van der Waals surface area contributed by atoms with Gasteiger partial charge in [-0.25, -0.2) is 4.39 Å². The maximum absolute atomic E-state index is 12.9. The molecule has 76 valence electrons. The molecule has 0 saturated heterocycles. The maximum atomic E-state index is 12.9. The fourth-order valence-electron chi connectivity index (χ4n) is 1.37. The van der Waals surface area contributed by atoms with E-state index in [9.17, 15) is 9.50 Å². The van der Waals surface area contributed by atoms with Gasteiger partial charge in [0.1, 0.15) is 5.82 Å². The SMILES string of the molecule is OC1(Cc2cc(Cl)c(F)cc2Cl)CC1. The van der Waals surface area contributed by atoms with E-state index in [4.69, 9.17) is 23.2 Å². The zero-order chi connectivity index (χ0) is 10.3. The lowest BCUT2D eigenvalue weighted by Gasteiger charge is -2.09. The average molecular weight is 235 g/mol. The Morgan fingerprint density at radius 2 is 1.93 bits per heavy atom. The Balaban J connectivity index is 2.29. The van der Waals surface area contributed by atoms with Gasteiger partial charge in [-0.3, -0.25) is 0 Å². The Hall–Kier alpha value is -0.310. The van der Waals surface area contributed by atoms with Gasteiger partial charge in [0.2, 0.25) is 0 Å². The molecular formula is C10H9Cl2FO. The van der Waals surface area contributed by atoms with Crippen LogP contribution < -0.4 is 0 Å². The molecular weight excluding hydrogens is 226 g/mol. The van der Waals surface area contributed by atoms with Crippen LogP contribution in [0.2, 0.25) is 10.0 Å². The third kappa shape index (κ3) is 2.02. The molecule has 2 rings (SSSR count). The van der Waals surface area contributed by atoms with Crippen LogP contribution >= 0.6 is 23.2 Å². The summed E-state index contributed by atoms with van der Waals surface area (Å²) in [5.74, 6) is -0.525. The molecule has 1 aliphatic rings. The zero-order valence-corrected chi connectivity index (χ0v) is 8.87. The summed E-state index contributed by atoms with van der Waals surface area (Å²) in [6.45, 7) is 0. The maximum Gasteiger partial charge on any atom is 0.143 e. The van der Waals surface area contributed by atoms with Crippen LogP contribution in [0, 0.1) is 5.82 Å². The van der Waals surface area contributed by atoms with Gasteiger partial charge in [0.15, 0.2) is 0 Å². The standard InChI is InChI=1S/C10H9Cl2FO/c11-7-4-9(13)8(12)3-6(7)5-10(14)1-2-10/h3-4,14H,1-2,5H2. The lowest BCUT2D eigenvalue weighted by atomic mass is 10.1. The second kappa shape index (κ2) is 3.37. The fraction of sp³-hybridized carbons (Fsp3) is 0.400. The van der Waals surface area contributed by atoms with Crippen molar-refractivity contribution in [2.45, 2.75) is 24.9 Å². The fourth-order valence-corrected chi connectivity index (χ4v) is 1.78. The molecule has 1 saturated carbocycles. The second-order valence-corrected chi connectivity index (χ2v) is 4.57. The van der Waals surface area contributed by atoms with Crippen LogP contribution in [0.5, 0.6) is 0 Å². The minimum absolute atomic E-state index is 0.0497. The highest BCUT2D eigenvalue weighted by molar-refractivity contribution is 6.33. The first kappa shape index (κ1) is 10.2. The molecule has 0 atom stereocenters. The van der Waals surface area contributed by atoms with E-state index in [0.29, 0.717) is 17.0 Å². The molecule has 0 spiro atoms. The lowest BCUT2D eigenvalue weighted by molar-refractivity contribution is 0.151. The van der Waals surface area contributed by atoms with E-state index in [1.807, 2.05) is 0 Å². The van der Waals surface area contributed by atoms with Gasteiger partial charge in [-0.15, -0.1) is 0 Å². The van der Waals surface area contributed by atoms with Crippen LogP contribution in [-0.2, 0) is 6.42 Å². The van der Waals surface area contributed by atoms with Crippen molar-refractivity contribution in [2.24, 2.45) is 0 Å². The average Bonchev–Trinajstić information content (AvgIpc) is 2.80. The van der Waals surface area contributed by atoms with Crippen LogP contribution in [0.4, 0.5) is 4.39 Å². The summed E-state index contributed by atoms with van der Waals surface area (Å²) in [5.41, 5.74) is 0.0724. The van der Waals surface area contributed by atoms with E-state index in [-0.39, 0.29) is 5.02 Å². The Kier molecular flexibility index (Phi) is 2.46. The van der Waals surface area contributed by atoms with E-state index in [0.717, 1.165) is 12.8 Å². The van der Waals surface area contributed by atoms with Crippen LogP contribution in [0.1, 0.15) is 18.4 Å². The minimum atomic E-state index is -0.634. The van der Waals surface area contributed by atoms with E-state index in [1.54, 1.807) is 0 Å². The summed E-state index contributed by atoms with van der Waals surface area (Å²) < 4.78 is 12.9. The largest absolute Gasteiger partial charge is 0.390 e. The molecule has 1 aromatic rings. The van der Waals surface area contributed by atoms with E-state index < -0.39 is 11.4 Å². The Bertz CT molecular complexity index is 375. The molecule has 0 aromatic heterocycles. The van der Waals surface area contributed by atoms with Gasteiger partial charge < -0.3 is 5.11 Å². The van der Waals surface area contributed by atoms with Crippen LogP contribution in [0.25, 0.3) is 0 Å². The molecule has 0 radical (unpaired) electrons. The minimum Gasteiger partial charge on any atom is -0.390 e. The molecule has 4 heteroatoms. The van der Waals surface area contributed by atoms with Crippen molar-refractivity contribution >= 4 is 23.2 Å². The Morgan fingerprint density at radius 3 is 2.50 bits per heavy atom. The predicted molar refractivity (Wildman–Crippen MR) is 54.3 cm³/mol. The summed E-state index contributed by atoms with van der Waals surface area (Å²) in [7, 11) is 0. The molecule has 1 aliphatic carbocycles. The number of aliphatic hydroxyl groups is 1. The summed E-state index contributed by atoms with van der Waals surface area (Å²) in [6, 6.07) is 2.67. The molecule has 1 N–H and O–H groups in total. The van der Waals surface area contributed by atoms with Gasteiger partial charge in [0.05, 0.1) is 10.6 Å². The quantitative estimate of drug-likeness (QED) is 0.780. The van der Waals surface area contributed by atoms with Crippen molar-refractivity contribution in [3.8, 4) is 0 Å². The summed E-state index contributed by atoms with van der Waals surface area (Å²) in [6.07, 6.45) is 2.00. The highest BCUT2D eigenvalue weighted by Gasteiger charge is 2.40. The first-order chi connectivity index (χ1) is 6.50. The molecule has 1 fully saturated rings. The Morgan fingerprint density at radius 1 is 1.29 bits per heavy atom. The summed E-state index contributed by atoms with van der Waals surface area (Å²) in [5, 5.41) is 10.0. The lowest BCUT2D eigenvalue weighted by Crippen LogP contribution is -2.11. The number of benzene rings is 1. The van der Waals surface area contributed by atoms with Crippen molar-refractivity contribution in [3.63, 3.8) is 0 Å². The van der Waals surface area contributed by atoms with Gasteiger partial charge in [0.25, 0.3) is 0 Å². The van der Waals surface area contributed by atoms with E-state index >= 15 is 0 Å². The molecule has 0 unspecified atom stereocenters. The number of halogens is 3. The van der Waals surface area contributed by atoms with Gasteiger partial charge in [0, 0.05) is 11.4 Å². The Labute approximate surface area is 91.5 Å². The van der Waals surface area contributed by atoms with Crippen molar-refractivity contribution in [3.05, 3.63) is 33.6 Å². The van der Waals surface area contributed by atoms with Gasteiger partial charge in [-0.05, 0) is 30.5 Å². The molecule has 14 heavy (non-hydrogen) atoms. The summed E-state index contributed by atoms with van der Waals surface area (Å²) >= 11 is 11.4. The number of hydrogen-bond donors (Lipinski definition) is 1. The molecule has 1 aromatic carbocycles. The molecule has 0 amide bonds. The normalized spacial score (nSPS) is 18.3. The van der Waals surface area contributed by atoms with E-state index in [1.165, 1.54) is 12.1 Å². The first-order valence-electron chi connectivity index (χ1n) is 4.36. The first-order valence-corrected chi connectivity index (χ1v) is 5.12.